The van der Waals surface area contributed by atoms with Crippen LogP contribution in [0.5, 0.6) is 11.5 Å². The molecule has 0 amide bonds. The molecule has 3 aromatic carbocycles. The third-order valence-electron chi connectivity index (χ3n) is 6.82. The lowest BCUT2D eigenvalue weighted by atomic mass is 9.79. The van der Waals surface area contributed by atoms with Crippen molar-refractivity contribution in [1.82, 2.24) is 5.32 Å². The molecule has 1 heterocycles. The van der Waals surface area contributed by atoms with Crippen LogP contribution in [0.3, 0.4) is 0 Å². The Kier molecular flexibility index (Phi) is 7.01. The van der Waals surface area contributed by atoms with Crippen LogP contribution in [0.4, 0.5) is 0 Å². The zero-order valence-corrected chi connectivity index (χ0v) is 22.9. The topological polar surface area (TPSA) is 111 Å². The van der Waals surface area contributed by atoms with Crippen molar-refractivity contribution in [1.29, 1.82) is 0 Å². The number of carboxylic acid groups (broad SMARTS) is 1. The molecule has 1 aliphatic carbocycles. The first kappa shape index (κ1) is 26.2. The van der Waals surface area contributed by atoms with Crippen LogP contribution < -0.4 is 14.8 Å². The summed E-state index contributed by atoms with van der Waals surface area (Å²) in [5, 5.41) is 12.4. The minimum Gasteiger partial charge on any atom is -0.493 e. The number of ketones is 1. The number of hydrogen-bond donors (Lipinski definition) is 2. The summed E-state index contributed by atoms with van der Waals surface area (Å²) in [7, 11) is 2.82. The summed E-state index contributed by atoms with van der Waals surface area (Å²) in [4.78, 5) is 37.8. The Morgan fingerprint density at radius 2 is 1.72 bits per heavy atom. The fourth-order valence-corrected chi connectivity index (χ4v) is 5.56. The van der Waals surface area contributed by atoms with Gasteiger partial charge in [0.2, 0.25) is 0 Å². The summed E-state index contributed by atoms with van der Waals surface area (Å²) in [6.45, 7) is 1.95. The maximum atomic E-state index is 13.6. The fourth-order valence-electron chi connectivity index (χ4n) is 4.99. The normalized spacial score (nSPS) is 15.9. The van der Waals surface area contributed by atoms with Gasteiger partial charge in [0.05, 0.1) is 35.5 Å². The van der Waals surface area contributed by atoms with E-state index in [9.17, 15) is 14.4 Å². The van der Waals surface area contributed by atoms with Crippen molar-refractivity contribution >= 4 is 39.3 Å². The van der Waals surface area contributed by atoms with E-state index >= 15 is 0 Å². The number of aromatic carboxylic acids is 1. The molecule has 5 rings (SSSR count). The first-order valence-electron chi connectivity index (χ1n) is 12.0. The highest BCUT2D eigenvalue weighted by Gasteiger charge is 2.43. The quantitative estimate of drug-likeness (QED) is 0.349. The first-order chi connectivity index (χ1) is 18.7. The minimum absolute atomic E-state index is 0.160. The highest BCUT2D eigenvalue weighted by molar-refractivity contribution is 9.10. The number of Topliss-reactive ketones (excluding diaryl/α,β-unsaturated/α-hetero) is 1. The van der Waals surface area contributed by atoms with Crippen LogP contribution in [0, 0.1) is 0 Å². The molecule has 2 aliphatic rings. The number of dihydropyridines is 1. The fraction of sp³-hybridized carbons (Fsp3) is 0.167. The highest BCUT2D eigenvalue weighted by atomic mass is 79.9. The van der Waals surface area contributed by atoms with Crippen LogP contribution in [-0.2, 0) is 16.1 Å². The standard InChI is InChI=1S/C30H24BrNO7/c1-15-23(30(36)38-3)24(25-26(32-15)19-6-4-5-7-20(19)27(25)33)18-12-21(31)28(22(13-18)37-2)39-14-16-8-10-17(11-9-16)29(34)35/h4-13,24,32H,14H2,1-3H3,(H,34,35)/t24-/m1/s1. The zero-order chi connectivity index (χ0) is 27.8. The number of carbonyl (C=O) groups is 3. The summed E-state index contributed by atoms with van der Waals surface area (Å²) in [5.41, 5.74) is 5.01. The van der Waals surface area contributed by atoms with E-state index in [-0.39, 0.29) is 18.0 Å². The van der Waals surface area contributed by atoms with Crippen molar-refractivity contribution in [2.45, 2.75) is 19.4 Å². The van der Waals surface area contributed by atoms with Gasteiger partial charge in [-0.25, -0.2) is 9.59 Å². The molecule has 0 saturated heterocycles. The largest absolute Gasteiger partial charge is 0.493 e. The average molecular weight is 590 g/mol. The molecule has 198 valence electrons. The number of carbonyl (C=O) groups excluding carboxylic acids is 2. The van der Waals surface area contributed by atoms with E-state index in [1.165, 1.54) is 26.4 Å². The van der Waals surface area contributed by atoms with E-state index in [1.54, 1.807) is 37.3 Å². The number of esters is 1. The van der Waals surface area contributed by atoms with Crippen LogP contribution in [-0.4, -0.2) is 37.0 Å². The van der Waals surface area contributed by atoms with Gasteiger partial charge in [0.25, 0.3) is 0 Å². The Morgan fingerprint density at radius 3 is 2.36 bits per heavy atom. The van der Waals surface area contributed by atoms with E-state index in [1.807, 2.05) is 18.2 Å². The molecule has 0 fully saturated rings. The van der Waals surface area contributed by atoms with E-state index < -0.39 is 17.9 Å². The number of rotatable bonds is 7. The maximum Gasteiger partial charge on any atom is 0.336 e. The maximum absolute atomic E-state index is 13.6. The lowest BCUT2D eigenvalue weighted by Crippen LogP contribution is -2.29. The van der Waals surface area contributed by atoms with E-state index in [2.05, 4.69) is 21.2 Å². The lowest BCUT2D eigenvalue weighted by Gasteiger charge is -2.29. The summed E-state index contributed by atoms with van der Waals surface area (Å²) in [5.74, 6) is -1.60. The molecule has 3 aromatic rings. The zero-order valence-electron chi connectivity index (χ0n) is 21.3. The molecule has 0 spiro atoms. The molecular formula is C30H24BrNO7. The number of methoxy groups -OCH3 is 2. The van der Waals surface area contributed by atoms with Crippen molar-refractivity contribution < 1.29 is 33.7 Å². The second-order valence-electron chi connectivity index (χ2n) is 9.08. The number of carboxylic acids is 1. The van der Waals surface area contributed by atoms with Gasteiger partial charge in [0.1, 0.15) is 6.61 Å². The van der Waals surface area contributed by atoms with E-state index in [0.717, 1.165) is 11.1 Å². The molecule has 1 atom stereocenters. The van der Waals surface area contributed by atoms with Crippen LogP contribution in [0.25, 0.3) is 5.70 Å². The summed E-state index contributed by atoms with van der Waals surface area (Å²) in [6, 6.07) is 17.3. The molecule has 2 N–H and O–H groups in total. The van der Waals surface area contributed by atoms with E-state index in [4.69, 9.17) is 19.3 Å². The van der Waals surface area contributed by atoms with Gasteiger partial charge >= 0.3 is 11.9 Å². The Bertz CT molecular complexity index is 1590. The highest BCUT2D eigenvalue weighted by Crippen LogP contribution is 2.49. The molecule has 0 aromatic heterocycles. The molecule has 9 heteroatoms. The molecule has 1 aliphatic heterocycles. The number of halogens is 1. The van der Waals surface area contributed by atoms with Gasteiger partial charge in [-0.3, -0.25) is 4.79 Å². The van der Waals surface area contributed by atoms with Gasteiger partial charge in [-0.15, -0.1) is 0 Å². The van der Waals surface area contributed by atoms with Gasteiger partial charge in [-0.2, -0.15) is 0 Å². The van der Waals surface area contributed by atoms with Crippen molar-refractivity contribution in [2.75, 3.05) is 14.2 Å². The van der Waals surface area contributed by atoms with E-state index in [0.29, 0.717) is 49.6 Å². The summed E-state index contributed by atoms with van der Waals surface area (Å²) >= 11 is 3.58. The Balaban J connectivity index is 1.56. The van der Waals surface area contributed by atoms with Crippen LogP contribution in [0.2, 0.25) is 0 Å². The number of nitrogens with one attached hydrogen (secondary N) is 1. The molecule has 0 unspecified atom stereocenters. The average Bonchev–Trinajstić information content (AvgIpc) is 3.22. The van der Waals surface area contributed by atoms with Crippen molar-refractivity contribution in [3.8, 4) is 11.5 Å². The molecular weight excluding hydrogens is 566 g/mol. The first-order valence-corrected chi connectivity index (χ1v) is 12.8. The van der Waals surface area contributed by atoms with Gasteiger partial charge in [-0.05, 0) is 58.2 Å². The Labute approximate surface area is 233 Å². The predicted molar refractivity (Wildman–Crippen MR) is 147 cm³/mol. The van der Waals surface area contributed by atoms with Crippen LogP contribution in [0.1, 0.15) is 50.2 Å². The van der Waals surface area contributed by atoms with Gasteiger partial charge in [0.15, 0.2) is 17.3 Å². The number of benzene rings is 3. The monoisotopic (exact) mass is 589 g/mol. The number of hydrogen-bond acceptors (Lipinski definition) is 7. The van der Waals surface area contributed by atoms with Gasteiger partial charge in [-0.1, -0.05) is 36.4 Å². The number of ether oxygens (including phenoxy) is 3. The predicted octanol–water partition coefficient (Wildman–Crippen LogP) is 5.48. The molecule has 8 nitrogen and oxygen atoms in total. The minimum atomic E-state index is -1.00. The number of allylic oxidation sites excluding steroid dienone is 2. The molecule has 0 radical (unpaired) electrons. The smallest absolute Gasteiger partial charge is 0.336 e. The second-order valence-corrected chi connectivity index (χ2v) is 9.93. The van der Waals surface area contributed by atoms with Gasteiger partial charge < -0.3 is 24.6 Å². The van der Waals surface area contributed by atoms with Crippen molar-refractivity contribution in [3.63, 3.8) is 0 Å². The third kappa shape index (κ3) is 4.59. The lowest BCUT2D eigenvalue weighted by molar-refractivity contribution is -0.136. The Hall–Kier alpha value is -4.37. The Morgan fingerprint density at radius 1 is 1.03 bits per heavy atom. The van der Waals surface area contributed by atoms with Crippen LogP contribution in [0.15, 0.2) is 82.0 Å². The second kappa shape index (κ2) is 10.4. The summed E-state index contributed by atoms with van der Waals surface area (Å²) < 4.78 is 17.4. The summed E-state index contributed by atoms with van der Waals surface area (Å²) in [6.07, 6.45) is 0. The van der Waals surface area contributed by atoms with Crippen molar-refractivity contribution in [2.24, 2.45) is 0 Å². The number of fused-ring (bicyclic) bond motifs is 2. The van der Waals surface area contributed by atoms with Crippen molar-refractivity contribution in [3.05, 3.63) is 110 Å². The van der Waals surface area contributed by atoms with Crippen LogP contribution >= 0.6 is 15.9 Å². The van der Waals surface area contributed by atoms with Gasteiger partial charge in [0, 0.05) is 28.3 Å². The third-order valence-corrected chi connectivity index (χ3v) is 7.41. The molecule has 0 saturated carbocycles. The molecule has 0 bridgehead atoms. The molecule has 39 heavy (non-hydrogen) atoms. The SMILES string of the molecule is COC(=O)C1=C(C)NC2=C(C(=O)c3ccccc32)[C@@H]1c1cc(Br)c(OCc2ccc(C(=O)O)cc2)c(OC)c1.